The predicted octanol–water partition coefficient (Wildman–Crippen LogP) is 2.18. The molecule has 0 bridgehead atoms. The summed E-state index contributed by atoms with van der Waals surface area (Å²) in [6.45, 7) is 0.265. The summed E-state index contributed by atoms with van der Waals surface area (Å²) in [5.41, 5.74) is 2.01. The van der Waals surface area contributed by atoms with Gasteiger partial charge in [0.25, 0.3) is 5.91 Å². The molecule has 0 atom stereocenters. The number of carbonyl (C=O) groups is 1. The van der Waals surface area contributed by atoms with E-state index in [4.69, 9.17) is 4.74 Å². The summed E-state index contributed by atoms with van der Waals surface area (Å²) in [6, 6.07) is 17.6. The van der Waals surface area contributed by atoms with Gasteiger partial charge >= 0.3 is 0 Å². The van der Waals surface area contributed by atoms with Gasteiger partial charge in [-0.1, -0.05) is 48.5 Å². The van der Waals surface area contributed by atoms with Gasteiger partial charge in [0.15, 0.2) is 12.4 Å². The number of para-hydroxylation sites is 1. The van der Waals surface area contributed by atoms with Gasteiger partial charge in [-0.25, -0.2) is 0 Å². The number of hydrogen-bond acceptors (Lipinski definition) is 4. The Bertz CT molecular complexity index is 815. The van der Waals surface area contributed by atoms with Crippen molar-refractivity contribution in [2.45, 2.75) is 6.54 Å². The molecule has 0 saturated heterocycles. The minimum atomic E-state index is -0.208. The zero-order valence-corrected chi connectivity index (χ0v) is 13.3. The van der Waals surface area contributed by atoms with Crippen LogP contribution in [0.4, 0.5) is 0 Å². The molecule has 0 aliphatic heterocycles. The van der Waals surface area contributed by atoms with Gasteiger partial charge in [-0.3, -0.25) is 4.79 Å². The Kier molecular flexibility index (Phi) is 4.86. The molecule has 24 heavy (non-hydrogen) atoms. The lowest BCUT2D eigenvalue weighted by molar-refractivity contribution is -0.123. The van der Waals surface area contributed by atoms with Crippen molar-refractivity contribution in [2.24, 2.45) is 7.05 Å². The van der Waals surface area contributed by atoms with Crippen LogP contribution < -0.4 is 10.1 Å². The fraction of sp³-hybridized carbons (Fsp3) is 0.167. The number of nitrogens with zero attached hydrogens (tertiary/aromatic N) is 3. The minimum absolute atomic E-state index is 0.0539. The van der Waals surface area contributed by atoms with Crippen LogP contribution in [0.1, 0.15) is 5.82 Å². The maximum absolute atomic E-state index is 12.0. The lowest BCUT2D eigenvalue weighted by Crippen LogP contribution is -2.29. The fourth-order valence-corrected chi connectivity index (χ4v) is 2.29. The van der Waals surface area contributed by atoms with Crippen molar-refractivity contribution < 1.29 is 9.53 Å². The second-order valence-corrected chi connectivity index (χ2v) is 5.29. The molecule has 0 saturated carbocycles. The molecule has 122 valence electrons. The SMILES string of the molecule is Cn1cnnc1CNC(=O)COc1ccccc1-c1ccccc1. The van der Waals surface area contributed by atoms with Gasteiger partial charge in [0.2, 0.25) is 0 Å². The average molecular weight is 322 g/mol. The molecule has 2 aromatic carbocycles. The van der Waals surface area contributed by atoms with Crippen molar-refractivity contribution >= 4 is 5.91 Å². The van der Waals surface area contributed by atoms with E-state index in [2.05, 4.69) is 15.5 Å². The lowest BCUT2D eigenvalue weighted by atomic mass is 10.1. The number of benzene rings is 2. The van der Waals surface area contributed by atoms with Crippen LogP contribution in [0, 0.1) is 0 Å². The third-order valence-corrected chi connectivity index (χ3v) is 3.58. The van der Waals surface area contributed by atoms with Gasteiger partial charge in [-0.2, -0.15) is 0 Å². The van der Waals surface area contributed by atoms with Crippen LogP contribution in [0.2, 0.25) is 0 Å². The Morgan fingerprint density at radius 1 is 1.12 bits per heavy atom. The standard InChI is InChI=1S/C18H18N4O2/c1-22-13-20-21-17(22)11-19-18(23)12-24-16-10-6-5-9-15(16)14-7-3-2-4-8-14/h2-10,13H,11-12H2,1H3,(H,19,23). The highest BCUT2D eigenvalue weighted by molar-refractivity contribution is 5.78. The van der Waals surface area contributed by atoms with E-state index in [1.54, 1.807) is 10.9 Å². The van der Waals surface area contributed by atoms with Gasteiger partial charge in [-0.15, -0.1) is 10.2 Å². The van der Waals surface area contributed by atoms with Crippen LogP contribution >= 0.6 is 0 Å². The minimum Gasteiger partial charge on any atom is -0.483 e. The van der Waals surface area contributed by atoms with Crippen LogP contribution in [-0.4, -0.2) is 27.3 Å². The third kappa shape index (κ3) is 3.78. The quantitative estimate of drug-likeness (QED) is 0.755. The molecule has 6 nitrogen and oxygen atoms in total. The van der Waals surface area contributed by atoms with Crippen LogP contribution in [0.15, 0.2) is 60.9 Å². The smallest absolute Gasteiger partial charge is 0.258 e. The summed E-state index contributed by atoms with van der Waals surface area (Å²) < 4.78 is 7.45. The van der Waals surface area contributed by atoms with Crippen molar-refractivity contribution in [2.75, 3.05) is 6.61 Å². The topological polar surface area (TPSA) is 69.0 Å². The average Bonchev–Trinajstić information content (AvgIpc) is 3.04. The number of rotatable bonds is 6. The summed E-state index contributed by atoms with van der Waals surface area (Å²) in [5, 5.41) is 10.5. The Morgan fingerprint density at radius 3 is 2.62 bits per heavy atom. The zero-order chi connectivity index (χ0) is 16.8. The van der Waals surface area contributed by atoms with Crippen molar-refractivity contribution in [3.05, 3.63) is 66.7 Å². The maximum atomic E-state index is 12.0. The van der Waals surface area contributed by atoms with Crippen molar-refractivity contribution in [1.82, 2.24) is 20.1 Å². The number of ether oxygens (including phenoxy) is 1. The first-order chi connectivity index (χ1) is 11.7. The molecule has 0 spiro atoms. The lowest BCUT2D eigenvalue weighted by Gasteiger charge is -2.11. The van der Waals surface area contributed by atoms with Gasteiger partial charge in [-0.05, 0) is 11.6 Å². The molecule has 1 amide bonds. The molecule has 3 aromatic rings. The maximum Gasteiger partial charge on any atom is 0.258 e. The number of aryl methyl sites for hydroxylation is 1. The third-order valence-electron chi connectivity index (χ3n) is 3.58. The van der Waals surface area contributed by atoms with E-state index in [0.717, 1.165) is 11.1 Å². The van der Waals surface area contributed by atoms with E-state index >= 15 is 0 Å². The monoisotopic (exact) mass is 322 g/mol. The zero-order valence-electron chi connectivity index (χ0n) is 13.3. The van der Waals surface area contributed by atoms with Crippen LogP contribution in [0.5, 0.6) is 5.75 Å². The van der Waals surface area contributed by atoms with Crippen molar-refractivity contribution in [3.63, 3.8) is 0 Å². The van der Waals surface area contributed by atoms with E-state index in [9.17, 15) is 4.79 Å². The largest absolute Gasteiger partial charge is 0.483 e. The van der Waals surface area contributed by atoms with Gasteiger partial charge in [0, 0.05) is 12.6 Å². The van der Waals surface area contributed by atoms with Crippen molar-refractivity contribution in [3.8, 4) is 16.9 Å². The number of amides is 1. The Labute approximate surface area is 140 Å². The molecular formula is C18H18N4O2. The summed E-state index contributed by atoms with van der Waals surface area (Å²) in [4.78, 5) is 12.0. The highest BCUT2D eigenvalue weighted by Crippen LogP contribution is 2.29. The van der Waals surface area contributed by atoms with Crippen molar-refractivity contribution in [1.29, 1.82) is 0 Å². The molecule has 0 aliphatic carbocycles. The van der Waals surface area contributed by atoms with Gasteiger partial charge in [0.1, 0.15) is 12.1 Å². The molecule has 6 heteroatoms. The van der Waals surface area contributed by atoms with Gasteiger partial charge < -0.3 is 14.6 Å². The fourth-order valence-electron chi connectivity index (χ4n) is 2.29. The summed E-state index contributed by atoms with van der Waals surface area (Å²) in [5.74, 6) is 1.16. The molecule has 0 fully saturated rings. The molecule has 0 unspecified atom stereocenters. The van der Waals surface area contributed by atoms with Crippen LogP contribution in [0.3, 0.4) is 0 Å². The Balaban J connectivity index is 1.61. The van der Waals surface area contributed by atoms with Crippen LogP contribution in [-0.2, 0) is 18.4 Å². The van der Waals surface area contributed by atoms with E-state index < -0.39 is 0 Å². The molecule has 1 heterocycles. The second-order valence-electron chi connectivity index (χ2n) is 5.29. The normalized spacial score (nSPS) is 10.4. The number of hydrogen-bond donors (Lipinski definition) is 1. The van der Waals surface area contributed by atoms with E-state index in [1.165, 1.54) is 0 Å². The first kappa shape index (κ1) is 15.7. The highest BCUT2D eigenvalue weighted by Gasteiger charge is 2.09. The number of nitrogens with one attached hydrogen (secondary N) is 1. The first-order valence-corrected chi connectivity index (χ1v) is 7.61. The summed E-state index contributed by atoms with van der Waals surface area (Å²) in [7, 11) is 1.83. The summed E-state index contributed by atoms with van der Waals surface area (Å²) in [6.07, 6.45) is 1.59. The highest BCUT2D eigenvalue weighted by atomic mass is 16.5. The predicted molar refractivity (Wildman–Crippen MR) is 90.2 cm³/mol. The molecule has 0 aliphatic rings. The molecule has 1 N–H and O–H groups in total. The number of carbonyl (C=O) groups excluding carboxylic acids is 1. The molecule has 0 radical (unpaired) electrons. The molecular weight excluding hydrogens is 304 g/mol. The Morgan fingerprint density at radius 2 is 1.88 bits per heavy atom. The van der Waals surface area contributed by atoms with Gasteiger partial charge in [0.05, 0.1) is 6.54 Å². The Hall–Kier alpha value is -3.15. The second kappa shape index (κ2) is 7.41. The molecule has 3 rings (SSSR count). The number of aromatic nitrogens is 3. The van der Waals surface area contributed by atoms with Crippen LogP contribution in [0.25, 0.3) is 11.1 Å². The summed E-state index contributed by atoms with van der Waals surface area (Å²) >= 11 is 0. The van der Waals surface area contributed by atoms with E-state index in [-0.39, 0.29) is 12.5 Å². The van der Waals surface area contributed by atoms with E-state index in [0.29, 0.717) is 18.1 Å². The molecule has 1 aromatic heterocycles. The first-order valence-electron chi connectivity index (χ1n) is 7.61. The van der Waals surface area contributed by atoms with E-state index in [1.807, 2.05) is 61.6 Å².